The summed E-state index contributed by atoms with van der Waals surface area (Å²) in [5.74, 6) is -1.51. The zero-order chi connectivity index (χ0) is 20.3. The molecule has 0 saturated heterocycles. The van der Waals surface area contributed by atoms with Gasteiger partial charge in [0.2, 0.25) is 0 Å². The quantitative estimate of drug-likeness (QED) is 0.423. The Labute approximate surface area is 173 Å². The Morgan fingerprint density at radius 2 is 1.89 bits per heavy atom. The van der Waals surface area contributed by atoms with Crippen LogP contribution in [0.25, 0.3) is 10.4 Å². The molecule has 1 aromatic heterocycles. The van der Waals surface area contributed by atoms with E-state index in [1.165, 1.54) is 0 Å². The summed E-state index contributed by atoms with van der Waals surface area (Å²) < 4.78 is 4.96. The van der Waals surface area contributed by atoms with Gasteiger partial charge < -0.3 is 15.4 Å². The van der Waals surface area contributed by atoms with Gasteiger partial charge in [-0.3, -0.25) is 4.79 Å². The van der Waals surface area contributed by atoms with Crippen molar-refractivity contribution in [3.05, 3.63) is 58.6 Å². The van der Waals surface area contributed by atoms with Gasteiger partial charge in [0.25, 0.3) is 5.78 Å². The fourth-order valence-corrected chi connectivity index (χ4v) is 4.38. The van der Waals surface area contributed by atoms with Crippen LogP contribution in [0.2, 0.25) is 0 Å². The fourth-order valence-electron chi connectivity index (χ4n) is 3.08. The first kappa shape index (κ1) is 20.2. The Kier molecular flexibility index (Phi) is 6.26. The molecule has 0 unspecified atom stereocenters. The normalized spacial score (nSPS) is 16.6. The molecule has 28 heavy (non-hydrogen) atoms. The number of thiophene rings is 1. The van der Waals surface area contributed by atoms with Crippen LogP contribution in [0.1, 0.15) is 31.7 Å². The number of Topliss-reactive ketones (excluding diaryl/α,β-unsaturated/α-hetero) is 1. The number of ketones is 1. The maximum atomic E-state index is 12.9. The van der Waals surface area contributed by atoms with Crippen molar-refractivity contribution in [3.63, 3.8) is 0 Å². The zero-order valence-electron chi connectivity index (χ0n) is 15.9. The average Bonchev–Trinajstić information content (AvgIpc) is 3.17. The molecule has 1 aromatic carbocycles. The van der Waals surface area contributed by atoms with Gasteiger partial charge in [0, 0.05) is 15.5 Å². The molecule has 5 nitrogen and oxygen atoms in total. The summed E-state index contributed by atoms with van der Waals surface area (Å²) in [5.41, 5.74) is 2.12. The van der Waals surface area contributed by atoms with Crippen molar-refractivity contribution < 1.29 is 14.3 Å². The van der Waals surface area contributed by atoms with Gasteiger partial charge in [-0.15, -0.1) is 11.3 Å². The van der Waals surface area contributed by atoms with Gasteiger partial charge in [-0.1, -0.05) is 44.2 Å². The SMILES string of the molecule is CCOC(=O)C(=O)C1=C(C(C)C)NC(=S)N[C@@H]1c1ccc(-c2ccccc2)s1. The number of thiocarbonyl (C=S) groups is 1. The van der Waals surface area contributed by atoms with Crippen LogP contribution in [0.5, 0.6) is 0 Å². The number of benzene rings is 1. The molecule has 1 aliphatic heterocycles. The van der Waals surface area contributed by atoms with Crippen LogP contribution in [0, 0.1) is 5.92 Å². The van der Waals surface area contributed by atoms with Crippen molar-refractivity contribution >= 4 is 40.4 Å². The minimum Gasteiger partial charge on any atom is -0.460 e. The molecule has 2 aromatic rings. The van der Waals surface area contributed by atoms with Gasteiger partial charge in [0.1, 0.15) is 0 Å². The summed E-state index contributed by atoms with van der Waals surface area (Å²) in [7, 11) is 0. The Hall–Kier alpha value is -2.51. The molecule has 0 saturated carbocycles. The number of nitrogens with one attached hydrogen (secondary N) is 2. The second-order valence-electron chi connectivity index (χ2n) is 6.63. The highest BCUT2D eigenvalue weighted by Gasteiger charge is 2.36. The third-order valence-electron chi connectivity index (χ3n) is 4.35. The number of ether oxygens (including phenoxy) is 1. The molecule has 0 spiro atoms. The highest BCUT2D eigenvalue weighted by atomic mass is 32.1. The van der Waals surface area contributed by atoms with E-state index >= 15 is 0 Å². The minimum atomic E-state index is -0.850. The Morgan fingerprint density at radius 1 is 1.18 bits per heavy atom. The Balaban J connectivity index is 2.05. The minimum absolute atomic E-state index is 0.00974. The highest BCUT2D eigenvalue weighted by Crippen LogP contribution is 2.37. The summed E-state index contributed by atoms with van der Waals surface area (Å²) in [6.07, 6.45) is 0. The van der Waals surface area contributed by atoms with Gasteiger partial charge in [0.05, 0.1) is 18.2 Å². The number of hydrogen-bond donors (Lipinski definition) is 2. The van der Waals surface area contributed by atoms with E-state index in [2.05, 4.69) is 10.6 Å². The zero-order valence-corrected chi connectivity index (χ0v) is 17.6. The number of hydrogen-bond acceptors (Lipinski definition) is 5. The molecule has 1 atom stereocenters. The first-order valence-electron chi connectivity index (χ1n) is 9.10. The first-order valence-corrected chi connectivity index (χ1v) is 10.3. The van der Waals surface area contributed by atoms with Gasteiger partial charge >= 0.3 is 5.97 Å². The molecule has 1 aliphatic rings. The van der Waals surface area contributed by atoms with Gasteiger partial charge in [-0.05, 0) is 42.8 Å². The molecule has 0 radical (unpaired) electrons. The topological polar surface area (TPSA) is 67.4 Å². The van der Waals surface area contributed by atoms with Crippen molar-refractivity contribution in [1.29, 1.82) is 0 Å². The van der Waals surface area contributed by atoms with Crippen LogP contribution in [0.4, 0.5) is 0 Å². The van der Waals surface area contributed by atoms with E-state index in [1.54, 1.807) is 18.3 Å². The number of allylic oxidation sites excluding steroid dienone is 1. The molecule has 146 valence electrons. The summed E-state index contributed by atoms with van der Waals surface area (Å²) in [5, 5.41) is 6.65. The third-order valence-corrected chi connectivity index (χ3v) is 5.77. The Morgan fingerprint density at radius 3 is 2.54 bits per heavy atom. The molecule has 0 amide bonds. The van der Waals surface area contributed by atoms with E-state index in [0.29, 0.717) is 16.4 Å². The second kappa shape index (κ2) is 8.67. The fraction of sp³-hybridized carbons (Fsp3) is 0.286. The predicted octanol–water partition coefficient (Wildman–Crippen LogP) is 3.98. The average molecular weight is 415 g/mol. The lowest BCUT2D eigenvalue weighted by Crippen LogP contribution is -2.47. The van der Waals surface area contributed by atoms with E-state index in [-0.39, 0.29) is 12.5 Å². The maximum absolute atomic E-state index is 12.9. The largest absolute Gasteiger partial charge is 0.460 e. The van der Waals surface area contributed by atoms with E-state index in [9.17, 15) is 9.59 Å². The van der Waals surface area contributed by atoms with E-state index in [4.69, 9.17) is 17.0 Å². The number of esters is 1. The summed E-state index contributed by atoms with van der Waals surface area (Å²) >= 11 is 6.92. The maximum Gasteiger partial charge on any atom is 0.379 e. The molecular weight excluding hydrogens is 392 g/mol. The lowest BCUT2D eigenvalue weighted by Gasteiger charge is -2.31. The van der Waals surface area contributed by atoms with Crippen LogP contribution in [0.3, 0.4) is 0 Å². The van der Waals surface area contributed by atoms with Crippen LogP contribution in [0.15, 0.2) is 53.7 Å². The number of rotatable bonds is 6. The summed E-state index contributed by atoms with van der Waals surface area (Å²) in [6, 6.07) is 13.5. The first-order chi connectivity index (χ1) is 13.4. The predicted molar refractivity (Wildman–Crippen MR) is 115 cm³/mol. The van der Waals surface area contributed by atoms with E-state index < -0.39 is 17.8 Å². The summed E-state index contributed by atoms with van der Waals surface area (Å²) in [4.78, 5) is 27.1. The van der Waals surface area contributed by atoms with Gasteiger partial charge in [-0.25, -0.2) is 4.79 Å². The van der Waals surface area contributed by atoms with Gasteiger partial charge in [-0.2, -0.15) is 0 Å². The highest BCUT2D eigenvalue weighted by molar-refractivity contribution is 7.80. The lowest BCUT2D eigenvalue weighted by molar-refractivity contribution is -0.152. The molecule has 2 heterocycles. The number of carbonyl (C=O) groups excluding carboxylic acids is 2. The van der Waals surface area contributed by atoms with E-state index in [1.807, 2.05) is 56.3 Å². The molecule has 7 heteroatoms. The third kappa shape index (κ3) is 4.15. The summed E-state index contributed by atoms with van der Waals surface area (Å²) in [6.45, 7) is 5.74. The molecule has 0 fully saturated rings. The standard InChI is InChI=1S/C21H22N2O3S2/c1-4-26-20(25)19(24)16-17(12(2)3)22-21(27)23-18(16)15-11-10-14(28-15)13-8-6-5-7-9-13/h5-12,18H,4H2,1-3H3,(H2,22,23,27)/t18-/m1/s1. The van der Waals surface area contributed by atoms with Crippen molar-refractivity contribution in [2.75, 3.05) is 6.61 Å². The second-order valence-corrected chi connectivity index (χ2v) is 8.15. The molecule has 3 rings (SSSR count). The molecule has 2 N–H and O–H groups in total. The van der Waals surface area contributed by atoms with Crippen LogP contribution >= 0.6 is 23.6 Å². The van der Waals surface area contributed by atoms with Crippen LogP contribution in [-0.2, 0) is 14.3 Å². The van der Waals surface area contributed by atoms with Crippen molar-refractivity contribution in [3.8, 4) is 10.4 Å². The van der Waals surface area contributed by atoms with Crippen molar-refractivity contribution in [2.24, 2.45) is 5.92 Å². The number of carbonyl (C=O) groups is 2. The van der Waals surface area contributed by atoms with Crippen molar-refractivity contribution in [2.45, 2.75) is 26.8 Å². The molecule has 0 bridgehead atoms. The van der Waals surface area contributed by atoms with Gasteiger partial charge in [0.15, 0.2) is 5.11 Å². The van der Waals surface area contributed by atoms with Crippen molar-refractivity contribution in [1.82, 2.24) is 10.6 Å². The Bertz CT molecular complexity index is 932. The smallest absolute Gasteiger partial charge is 0.379 e. The van der Waals surface area contributed by atoms with Crippen LogP contribution in [-0.4, -0.2) is 23.5 Å². The lowest BCUT2D eigenvalue weighted by atomic mass is 9.92. The monoisotopic (exact) mass is 414 g/mol. The molecular formula is C21H22N2O3S2. The van der Waals surface area contributed by atoms with Crippen LogP contribution < -0.4 is 10.6 Å². The molecule has 0 aliphatic carbocycles. The van der Waals surface area contributed by atoms with E-state index in [0.717, 1.165) is 15.3 Å².